The summed E-state index contributed by atoms with van der Waals surface area (Å²) in [7, 11) is 1.89. The van der Waals surface area contributed by atoms with Crippen LogP contribution in [0.3, 0.4) is 0 Å². The van der Waals surface area contributed by atoms with Gasteiger partial charge in [-0.3, -0.25) is 0 Å². The van der Waals surface area contributed by atoms with Gasteiger partial charge >= 0.3 is 0 Å². The van der Waals surface area contributed by atoms with Crippen molar-refractivity contribution in [3.05, 3.63) is 71.3 Å². The summed E-state index contributed by atoms with van der Waals surface area (Å²) in [5.41, 5.74) is 1.75. The lowest BCUT2D eigenvalue weighted by Crippen LogP contribution is -2.24. The van der Waals surface area contributed by atoms with Gasteiger partial charge in [0.1, 0.15) is 11.6 Å². The van der Waals surface area contributed by atoms with Gasteiger partial charge in [-0.15, -0.1) is 0 Å². The Morgan fingerprint density at radius 2 is 1.45 bits per heavy atom. The summed E-state index contributed by atoms with van der Waals surface area (Å²) in [6, 6.07) is 13.3. The molecule has 0 aromatic heterocycles. The molecule has 0 radical (unpaired) electrons. The molecular formula is C17H19F2N. The first-order chi connectivity index (χ1) is 9.60. The van der Waals surface area contributed by atoms with E-state index in [9.17, 15) is 8.78 Å². The average molecular weight is 275 g/mol. The zero-order chi connectivity index (χ0) is 14.5. The lowest BCUT2D eigenvalue weighted by Gasteiger charge is -2.22. The number of rotatable bonds is 5. The number of hydrogen-bond donors (Lipinski definition) is 1. The summed E-state index contributed by atoms with van der Waals surface area (Å²) in [5.74, 6) is -0.550. The molecule has 2 aromatic rings. The fraction of sp³-hybridized carbons (Fsp3) is 0.294. The predicted octanol–water partition coefficient (Wildman–Crippen LogP) is 4.09. The zero-order valence-electron chi connectivity index (χ0n) is 11.7. The van der Waals surface area contributed by atoms with Crippen LogP contribution in [0, 0.1) is 11.6 Å². The van der Waals surface area contributed by atoms with Gasteiger partial charge < -0.3 is 5.32 Å². The topological polar surface area (TPSA) is 12.0 Å². The summed E-state index contributed by atoms with van der Waals surface area (Å²) in [6.45, 7) is 2.06. The average Bonchev–Trinajstić information content (AvgIpc) is 2.44. The summed E-state index contributed by atoms with van der Waals surface area (Å²) < 4.78 is 26.9. The summed E-state index contributed by atoms with van der Waals surface area (Å²) in [4.78, 5) is 0. The minimum absolute atomic E-state index is 0.0242. The molecule has 0 aliphatic heterocycles. The molecule has 20 heavy (non-hydrogen) atoms. The molecule has 2 rings (SSSR count). The first-order valence-electron chi connectivity index (χ1n) is 6.78. The Bertz CT molecular complexity index is 523. The highest BCUT2D eigenvalue weighted by Crippen LogP contribution is 2.30. The van der Waals surface area contributed by atoms with Crippen molar-refractivity contribution in [3.8, 4) is 0 Å². The molecule has 0 saturated heterocycles. The van der Waals surface area contributed by atoms with Crippen LogP contribution in [0.25, 0.3) is 0 Å². The molecular weight excluding hydrogens is 256 g/mol. The van der Waals surface area contributed by atoms with Gasteiger partial charge in [0.25, 0.3) is 0 Å². The Kier molecular flexibility index (Phi) is 4.85. The van der Waals surface area contributed by atoms with Crippen molar-refractivity contribution in [1.29, 1.82) is 0 Å². The number of nitrogens with one attached hydrogen (secondary N) is 1. The highest BCUT2D eigenvalue weighted by molar-refractivity contribution is 5.33. The van der Waals surface area contributed by atoms with E-state index in [1.165, 1.54) is 24.3 Å². The van der Waals surface area contributed by atoms with E-state index >= 15 is 0 Å². The van der Waals surface area contributed by atoms with Gasteiger partial charge in [0.15, 0.2) is 0 Å². The van der Waals surface area contributed by atoms with Crippen LogP contribution >= 0.6 is 0 Å². The maximum Gasteiger partial charge on any atom is 0.123 e. The zero-order valence-corrected chi connectivity index (χ0v) is 11.7. The van der Waals surface area contributed by atoms with Crippen LogP contribution < -0.4 is 5.32 Å². The molecule has 0 saturated carbocycles. The van der Waals surface area contributed by atoms with E-state index in [4.69, 9.17) is 0 Å². The fourth-order valence-electron chi connectivity index (χ4n) is 2.38. The van der Waals surface area contributed by atoms with Gasteiger partial charge in [-0.1, -0.05) is 24.3 Å². The molecule has 0 amide bonds. The summed E-state index contributed by atoms with van der Waals surface area (Å²) in [6.07, 6.45) is 0.781. The normalized spacial score (nSPS) is 12.7. The summed E-state index contributed by atoms with van der Waals surface area (Å²) in [5, 5.41) is 3.18. The van der Waals surface area contributed by atoms with Gasteiger partial charge in [-0.05, 0) is 55.8 Å². The molecule has 1 nitrogen and oxygen atoms in total. The molecule has 0 fully saturated rings. The van der Waals surface area contributed by atoms with Gasteiger partial charge in [0.05, 0.1) is 0 Å². The largest absolute Gasteiger partial charge is 0.317 e. The molecule has 0 bridgehead atoms. The van der Waals surface area contributed by atoms with Crippen LogP contribution in [0.1, 0.15) is 30.4 Å². The lowest BCUT2D eigenvalue weighted by molar-refractivity contribution is 0.525. The molecule has 1 unspecified atom stereocenters. The van der Waals surface area contributed by atoms with Crippen LogP contribution in [0.2, 0.25) is 0 Å². The Hall–Kier alpha value is -1.74. The predicted molar refractivity (Wildman–Crippen MR) is 77.8 cm³/mol. The second-order valence-corrected chi connectivity index (χ2v) is 5.09. The molecule has 0 aliphatic carbocycles. The van der Waals surface area contributed by atoms with Crippen LogP contribution in [0.15, 0.2) is 48.5 Å². The van der Waals surface area contributed by atoms with Crippen molar-refractivity contribution in [1.82, 2.24) is 5.32 Å². The number of hydrogen-bond acceptors (Lipinski definition) is 1. The third kappa shape index (κ3) is 3.64. The van der Waals surface area contributed by atoms with Crippen LogP contribution in [0.5, 0.6) is 0 Å². The monoisotopic (exact) mass is 275 g/mol. The van der Waals surface area contributed by atoms with E-state index in [2.05, 4.69) is 12.2 Å². The Balaban J connectivity index is 2.39. The van der Waals surface area contributed by atoms with Crippen LogP contribution in [-0.2, 0) is 0 Å². The smallest absolute Gasteiger partial charge is 0.123 e. The Labute approximate surface area is 118 Å². The summed E-state index contributed by atoms with van der Waals surface area (Å²) >= 11 is 0. The first kappa shape index (κ1) is 14.7. The van der Waals surface area contributed by atoms with Gasteiger partial charge in [-0.25, -0.2) is 8.78 Å². The van der Waals surface area contributed by atoms with Crippen molar-refractivity contribution in [3.63, 3.8) is 0 Å². The van der Waals surface area contributed by atoms with Gasteiger partial charge in [0.2, 0.25) is 0 Å². The first-order valence-corrected chi connectivity index (χ1v) is 6.78. The molecule has 1 N–H and O–H groups in total. The highest BCUT2D eigenvalue weighted by atomic mass is 19.1. The van der Waals surface area contributed by atoms with E-state index in [1.807, 2.05) is 19.2 Å². The van der Waals surface area contributed by atoms with Gasteiger partial charge in [-0.2, -0.15) is 0 Å². The number of halogens is 2. The van der Waals surface area contributed by atoms with E-state index < -0.39 is 0 Å². The van der Waals surface area contributed by atoms with Crippen molar-refractivity contribution < 1.29 is 8.78 Å². The van der Waals surface area contributed by atoms with Crippen LogP contribution in [-0.4, -0.2) is 13.1 Å². The molecule has 2 aromatic carbocycles. The molecule has 3 heteroatoms. The number of benzene rings is 2. The quantitative estimate of drug-likeness (QED) is 0.866. The van der Waals surface area contributed by atoms with E-state index in [0.717, 1.165) is 17.5 Å². The fourth-order valence-corrected chi connectivity index (χ4v) is 2.38. The second kappa shape index (κ2) is 6.62. The molecule has 0 spiro atoms. The van der Waals surface area contributed by atoms with Gasteiger partial charge in [0, 0.05) is 12.0 Å². The van der Waals surface area contributed by atoms with Crippen molar-refractivity contribution >= 4 is 0 Å². The maximum atomic E-state index is 13.5. The van der Waals surface area contributed by atoms with Crippen molar-refractivity contribution in [2.75, 3.05) is 7.05 Å². The highest BCUT2D eigenvalue weighted by Gasteiger charge is 2.18. The SMILES string of the molecule is CNC(C)CC(c1cccc(F)c1)c1cccc(F)c1. The third-order valence-corrected chi connectivity index (χ3v) is 3.58. The maximum absolute atomic E-state index is 13.5. The van der Waals surface area contributed by atoms with Crippen molar-refractivity contribution in [2.45, 2.75) is 25.3 Å². The minimum atomic E-state index is -0.263. The third-order valence-electron chi connectivity index (χ3n) is 3.58. The Morgan fingerprint density at radius 1 is 0.950 bits per heavy atom. The van der Waals surface area contributed by atoms with E-state index in [-0.39, 0.29) is 23.6 Å². The standard InChI is InChI=1S/C17H19F2N/c1-12(20-2)9-17(13-5-3-7-15(18)10-13)14-6-4-8-16(19)11-14/h3-8,10-12,17,20H,9H2,1-2H3. The molecule has 0 heterocycles. The molecule has 1 atom stereocenters. The minimum Gasteiger partial charge on any atom is -0.317 e. The van der Waals surface area contributed by atoms with Crippen molar-refractivity contribution in [2.24, 2.45) is 0 Å². The lowest BCUT2D eigenvalue weighted by atomic mass is 9.86. The molecule has 106 valence electrons. The Morgan fingerprint density at radius 3 is 1.85 bits per heavy atom. The molecule has 0 aliphatic rings. The van der Waals surface area contributed by atoms with E-state index in [0.29, 0.717) is 0 Å². The second-order valence-electron chi connectivity index (χ2n) is 5.09. The van der Waals surface area contributed by atoms with E-state index in [1.54, 1.807) is 12.1 Å². The van der Waals surface area contributed by atoms with Crippen LogP contribution in [0.4, 0.5) is 8.78 Å².